The Balaban J connectivity index is 2.25. The van der Waals surface area contributed by atoms with Gasteiger partial charge in [-0.2, -0.15) is 0 Å². The lowest BCUT2D eigenvalue weighted by Crippen LogP contribution is -2.32. The van der Waals surface area contributed by atoms with E-state index in [0.29, 0.717) is 6.04 Å². The van der Waals surface area contributed by atoms with Crippen LogP contribution in [0.1, 0.15) is 37.8 Å². The number of hydrogen-bond acceptors (Lipinski definition) is 2. The van der Waals surface area contributed by atoms with E-state index in [1.54, 1.807) is 0 Å². The van der Waals surface area contributed by atoms with Crippen molar-refractivity contribution < 1.29 is 0 Å². The number of nitrogens with one attached hydrogen (secondary N) is 1. The molecule has 17 heavy (non-hydrogen) atoms. The molecule has 0 amide bonds. The minimum absolute atomic E-state index is 0.619. The third-order valence-electron chi connectivity index (χ3n) is 3.87. The standard InChI is InChI=1S/C15H24N2/c1-4-6-12(2)17(3)15-8-5-7-13-9-10-16-11-14(13)15/h5,7-8,12,16H,4,6,9-11H2,1-3H3. The molecule has 0 saturated carbocycles. The van der Waals surface area contributed by atoms with E-state index in [0.717, 1.165) is 13.1 Å². The number of rotatable bonds is 4. The average molecular weight is 232 g/mol. The summed E-state index contributed by atoms with van der Waals surface area (Å²) in [6, 6.07) is 7.36. The Morgan fingerprint density at radius 1 is 1.41 bits per heavy atom. The quantitative estimate of drug-likeness (QED) is 0.858. The molecule has 94 valence electrons. The molecule has 2 rings (SSSR count). The van der Waals surface area contributed by atoms with Crippen LogP contribution in [0.3, 0.4) is 0 Å². The Kier molecular flexibility index (Phi) is 4.06. The first-order valence-corrected chi connectivity index (χ1v) is 6.78. The Bertz CT molecular complexity index is 373. The van der Waals surface area contributed by atoms with Crippen LogP contribution in [0, 0.1) is 0 Å². The van der Waals surface area contributed by atoms with Crippen molar-refractivity contribution in [1.82, 2.24) is 5.32 Å². The van der Waals surface area contributed by atoms with Crippen molar-refractivity contribution in [3.63, 3.8) is 0 Å². The molecule has 1 atom stereocenters. The summed E-state index contributed by atoms with van der Waals surface area (Å²) < 4.78 is 0. The van der Waals surface area contributed by atoms with Crippen LogP contribution in [0.2, 0.25) is 0 Å². The topological polar surface area (TPSA) is 15.3 Å². The zero-order valence-electron chi connectivity index (χ0n) is 11.3. The fraction of sp³-hybridized carbons (Fsp3) is 0.600. The summed E-state index contributed by atoms with van der Waals surface area (Å²) in [6.45, 7) is 6.71. The number of benzene rings is 1. The van der Waals surface area contributed by atoms with Crippen LogP contribution >= 0.6 is 0 Å². The van der Waals surface area contributed by atoms with E-state index >= 15 is 0 Å². The van der Waals surface area contributed by atoms with Crippen molar-refractivity contribution in [2.24, 2.45) is 0 Å². The van der Waals surface area contributed by atoms with Crippen molar-refractivity contribution in [2.45, 2.75) is 45.7 Å². The van der Waals surface area contributed by atoms with Crippen molar-refractivity contribution in [2.75, 3.05) is 18.5 Å². The maximum absolute atomic E-state index is 3.48. The summed E-state index contributed by atoms with van der Waals surface area (Å²) in [5, 5.41) is 3.48. The van der Waals surface area contributed by atoms with Crippen molar-refractivity contribution in [3.8, 4) is 0 Å². The van der Waals surface area contributed by atoms with Crippen molar-refractivity contribution in [3.05, 3.63) is 29.3 Å². The molecule has 0 bridgehead atoms. The van der Waals surface area contributed by atoms with Crippen LogP contribution in [0.4, 0.5) is 5.69 Å². The van der Waals surface area contributed by atoms with Crippen LogP contribution < -0.4 is 10.2 Å². The van der Waals surface area contributed by atoms with Gasteiger partial charge in [-0.1, -0.05) is 25.5 Å². The molecule has 2 heteroatoms. The smallest absolute Gasteiger partial charge is 0.0414 e. The Morgan fingerprint density at radius 2 is 2.24 bits per heavy atom. The minimum Gasteiger partial charge on any atom is -0.372 e. The molecule has 1 aliphatic heterocycles. The molecule has 1 heterocycles. The van der Waals surface area contributed by atoms with Crippen LogP contribution in [-0.4, -0.2) is 19.6 Å². The average Bonchev–Trinajstić information content (AvgIpc) is 2.37. The monoisotopic (exact) mass is 232 g/mol. The maximum Gasteiger partial charge on any atom is 0.0414 e. The van der Waals surface area contributed by atoms with Gasteiger partial charge in [-0.15, -0.1) is 0 Å². The van der Waals surface area contributed by atoms with Crippen molar-refractivity contribution in [1.29, 1.82) is 0 Å². The largest absolute Gasteiger partial charge is 0.372 e. The highest BCUT2D eigenvalue weighted by atomic mass is 15.1. The zero-order valence-corrected chi connectivity index (χ0v) is 11.3. The van der Waals surface area contributed by atoms with Gasteiger partial charge in [0.05, 0.1) is 0 Å². The molecule has 1 aliphatic rings. The van der Waals surface area contributed by atoms with E-state index in [-0.39, 0.29) is 0 Å². The van der Waals surface area contributed by atoms with E-state index in [2.05, 4.69) is 49.3 Å². The molecular weight excluding hydrogens is 208 g/mol. The summed E-state index contributed by atoms with van der Waals surface area (Å²) in [7, 11) is 2.23. The summed E-state index contributed by atoms with van der Waals surface area (Å²) in [6.07, 6.45) is 3.67. The third kappa shape index (κ3) is 2.63. The SMILES string of the molecule is CCCC(C)N(C)c1cccc2c1CNCC2. The lowest BCUT2D eigenvalue weighted by atomic mass is 9.98. The first-order chi connectivity index (χ1) is 8.24. The maximum atomic E-state index is 3.48. The third-order valence-corrected chi connectivity index (χ3v) is 3.87. The van der Waals surface area contributed by atoms with Gasteiger partial charge in [0.1, 0.15) is 0 Å². The van der Waals surface area contributed by atoms with Gasteiger partial charge >= 0.3 is 0 Å². The van der Waals surface area contributed by atoms with E-state index in [1.807, 2.05) is 0 Å². The van der Waals surface area contributed by atoms with E-state index < -0.39 is 0 Å². The van der Waals surface area contributed by atoms with E-state index in [9.17, 15) is 0 Å². The van der Waals surface area contributed by atoms with Crippen LogP contribution in [0.25, 0.3) is 0 Å². The molecule has 0 fully saturated rings. The highest BCUT2D eigenvalue weighted by molar-refractivity contribution is 5.57. The molecule has 1 aromatic carbocycles. The summed E-state index contributed by atoms with van der Waals surface area (Å²) in [5.41, 5.74) is 4.44. The van der Waals surface area contributed by atoms with Gasteiger partial charge in [0.15, 0.2) is 0 Å². The molecule has 0 aliphatic carbocycles. The van der Waals surface area contributed by atoms with Gasteiger partial charge in [0, 0.05) is 25.3 Å². The highest BCUT2D eigenvalue weighted by Gasteiger charge is 2.17. The second kappa shape index (κ2) is 5.54. The van der Waals surface area contributed by atoms with Crippen molar-refractivity contribution >= 4 is 5.69 Å². The molecule has 1 N–H and O–H groups in total. The molecule has 1 unspecified atom stereocenters. The second-order valence-corrected chi connectivity index (χ2v) is 5.09. The van der Waals surface area contributed by atoms with E-state index in [1.165, 1.54) is 36.1 Å². The summed E-state index contributed by atoms with van der Waals surface area (Å²) >= 11 is 0. The Morgan fingerprint density at radius 3 is 3.00 bits per heavy atom. The summed E-state index contributed by atoms with van der Waals surface area (Å²) in [5.74, 6) is 0. The van der Waals surface area contributed by atoms with Gasteiger partial charge in [0.2, 0.25) is 0 Å². The lowest BCUT2D eigenvalue weighted by Gasteiger charge is -2.31. The zero-order chi connectivity index (χ0) is 12.3. The minimum atomic E-state index is 0.619. The van der Waals surface area contributed by atoms with E-state index in [4.69, 9.17) is 0 Å². The molecule has 0 saturated heterocycles. The normalized spacial score (nSPS) is 16.4. The van der Waals surface area contributed by atoms with Gasteiger partial charge in [0.25, 0.3) is 0 Å². The fourth-order valence-corrected chi connectivity index (χ4v) is 2.68. The van der Waals surface area contributed by atoms with Crippen LogP contribution in [0.5, 0.6) is 0 Å². The molecule has 2 nitrogen and oxygen atoms in total. The Hall–Kier alpha value is -1.02. The Labute approximate surface area is 105 Å². The first-order valence-electron chi connectivity index (χ1n) is 6.78. The fourth-order valence-electron chi connectivity index (χ4n) is 2.68. The van der Waals surface area contributed by atoms with Gasteiger partial charge < -0.3 is 10.2 Å². The number of nitrogens with zero attached hydrogens (tertiary/aromatic N) is 1. The predicted molar refractivity (Wildman–Crippen MR) is 74.6 cm³/mol. The number of hydrogen-bond donors (Lipinski definition) is 1. The molecular formula is C15H24N2. The molecule has 0 radical (unpaired) electrons. The molecule has 0 aromatic heterocycles. The molecule has 0 spiro atoms. The van der Waals surface area contributed by atoms with Gasteiger partial charge in [-0.3, -0.25) is 0 Å². The van der Waals surface area contributed by atoms with Gasteiger partial charge in [-0.25, -0.2) is 0 Å². The second-order valence-electron chi connectivity index (χ2n) is 5.09. The first kappa shape index (κ1) is 12.4. The number of anilines is 1. The lowest BCUT2D eigenvalue weighted by molar-refractivity contribution is 0.602. The van der Waals surface area contributed by atoms with Crippen LogP contribution in [0.15, 0.2) is 18.2 Å². The van der Waals surface area contributed by atoms with Crippen LogP contribution in [-0.2, 0) is 13.0 Å². The molecule has 1 aromatic rings. The summed E-state index contributed by atoms with van der Waals surface area (Å²) in [4.78, 5) is 2.44. The highest BCUT2D eigenvalue weighted by Crippen LogP contribution is 2.27. The van der Waals surface area contributed by atoms with Gasteiger partial charge in [-0.05, 0) is 43.5 Å². The predicted octanol–water partition coefficient (Wildman–Crippen LogP) is 2.96. The number of fused-ring (bicyclic) bond motifs is 1.